The third kappa shape index (κ3) is 3.36. The molecule has 5 heteroatoms. The topological polar surface area (TPSA) is 57.5 Å². The number of hydrogen-bond donors (Lipinski definition) is 2. The Hall–Kier alpha value is -1.88. The number of phenols is 1. The van der Waals surface area contributed by atoms with Crippen LogP contribution in [-0.4, -0.2) is 15.8 Å². The zero-order valence-electron chi connectivity index (χ0n) is 12.1. The van der Waals surface area contributed by atoms with Gasteiger partial charge in [0.1, 0.15) is 5.75 Å². The summed E-state index contributed by atoms with van der Waals surface area (Å²) in [7, 11) is 0. The summed E-state index contributed by atoms with van der Waals surface area (Å²) in [5.74, 6) is 0.227. The van der Waals surface area contributed by atoms with E-state index < -0.39 is 0 Å². The molecule has 2 rings (SSSR count). The summed E-state index contributed by atoms with van der Waals surface area (Å²) in [4.78, 5) is 4.51. The Morgan fingerprint density at radius 3 is 2.60 bits per heavy atom. The maximum absolute atomic E-state index is 9.77. The lowest BCUT2D eigenvalue weighted by Gasteiger charge is -2.14. The summed E-state index contributed by atoms with van der Waals surface area (Å²) >= 11 is 1.53. The van der Waals surface area contributed by atoms with E-state index in [-0.39, 0.29) is 11.2 Å². The molecule has 2 aromatic rings. The van der Waals surface area contributed by atoms with Crippen molar-refractivity contribution in [3.05, 3.63) is 40.9 Å². The van der Waals surface area contributed by atoms with Crippen molar-refractivity contribution in [1.82, 2.24) is 4.98 Å². The molecule has 0 fully saturated rings. The average molecular weight is 289 g/mol. The molecule has 0 saturated heterocycles. The number of nitrogens with zero attached hydrogens (tertiary/aromatic N) is 2. The largest absolute Gasteiger partial charge is 0.507 e. The van der Waals surface area contributed by atoms with Crippen molar-refractivity contribution >= 4 is 22.2 Å². The second kappa shape index (κ2) is 5.63. The van der Waals surface area contributed by atoms with E-state index in [1.165, 1.54) is 11.3 Å². The number of benzene rings is 1. The summed E-state index contributed by atoms with van der Waals surface area (Å²) in [6.45, 7) is 8.23. The molecule has 106 valence electrons. The first-order valence-corrected chi connectivity index (χ1v) is 7.30. The lowest BCUT2D eigenvalue weighted by Crippen LogP contribution is -2.11. The molecule has 0 atom stereocenters. The van der Waals surface area contributed by atoms with Crippen LogP contribution in [0.5, 0.6) is 5.75 Å². The standard InChI is InChI=1S/C15H19N3OS/c1-10(11-7-5-6-8-12(11)19)17-18-14-16-13(9-20-14)15(2,3)4/h5-9,19H,1-4H3,(H,16,18). The Morgan fingerprint density at radius 2 is 2.00 bits per heavy atom. The second-order valence-electron chi connectivity index (χ2n) is 5.61. The van der Waals surface area contributed by atoms with Crippen LogP contribution in [0, 0.1) is 0 Å². The van der Waals surface area contributed by atoms with Gasteiger partial charge in [-0.2, -0.15) is 5.10 Å². The quantitative estimate of drug-likeness (QED) is 0.663. The van der Waals surface area contributed by atoms with Crippen molar-refractivity contribution in [3.8, 4) is 5.75 Å². The molecule has 0 saturated carbocycles. The average Bonchev–Trinajstić information content (AvgIpc) is 2.85. The van der Waals surface area contributed by atoms with Crippen LogP contribution in [0.3, 0.4) is 0 Å². The molecule has 1 aromatic heterocycles. The van der Waals surface area contributed by atoms with Gasteiger partial charge in [0.2, 0.25) is 5.13 Å². The third-order valence-electron chi connectivity index (χ3n) is 2.89. The van der Waals surface area contributed by atoms with Gasteiger partial charge in [-0.15, -0.1) is 11.3 Å². The normalized spacial score (nSPS) is 12.5. The number of anilines is 1. The molecule has 4 nitrogen and oxygen atoms in total. The zero-order valence-corrected chi connectivity index (χ0v) is 13.0. The van der Waals surface area contributed by atoms with Crippen molar-refractivity contribution in [2.45, 2.75) is 33.1 Å². The number of hydrogen-bond acceptors (Lipinski definition) is 5. The van der Waals surface area contributed by atoms with Crippen LogP contribution in [0.2, 0.25) is 0 Å². The number of rotatable bonds is 3. The highest BCUT2D eigenvalue weighted by atomic mass is 32.1. The number of aromatic nitrogens is 1. The molecule has 0 spiro atoms. The van der Waals surface area contributed by atoms with E-state index in [1.807, 2.05) is 24.4 Å². The van der Waals surface area contributed by atoms with E-state index in [2.05, 4.69) is 36.3 Å². The second-order valence-corrected chi connectivity index (χ2v) is 6.47. The first-order chi connectivity index (χ1) is 9.38. The SMILES string of the molecule is CC(=NNc1nc(C(C)(C)C)cs1)c1ccccc1O. The van der Waals surface area contributed by atoms with Crippen molar-refractivity contribution in [2.24, 2.45) is 5.10 Å². The molecule has 1 aromatic carbocycles. The smallest absolute Gasteiger partial charge is 0.203 e. The van der Waals surface area contributed by atoms with E-state index in [4.69, 9.17) is 0 Å². The van der Waals surface area contributed by atoms with Crippen LogP contribution in [0.25, 0.3) is 0 Å². The van der Waals surface area contributed by atoms with Gasteiger partial charge in [0, 0.05) is 16.4 Å². The van der Waals surface area contributed by atoms with Crippen molar-refractivity contribution < 1.29 is 5.11 Å². The van der Waals surface area contributed by atoms with E-state index in [9.17, 15) is 5.11 Å². The van der Waals surface area contributed by atoms with E-state index >= 15 is 0 Å². The summed E-state index contributed by atoms with van der Waals surface area (Å²) in [6.07, 6.45) is 0. The van der Waals surface area contributed by atoms with Crippen molar-refractivity contribution in [1.29, 1.82) is 0 Å². The Kier molecular flexibility index (Phi) is 4.09. The molecule has 0 aliphatic rings. The maximum Gasteiger partial charge on any atom is 0.203 e. The fourth-order valence-corrected chi connectivity index (χ4v) is 2.52. The van der Waals surface area contributed by atoms with E-state index in [1.54, 1.807) is 12.1 Å². The highest BCUT2D eigenvalue weighted by Crippen LogP contribution is 2.26. The Labute approximate surface area is 123 Å². The van der Waals surface area contributed by atoms with Crippen LogP contribution in [0.4, 0.5) is 5.13 Å². The molecule has 0 aliphatic heterocycles. The number of phenolic OH excluding ortho intramolecular Hbond substituents is 1. The van der Waals surface area contributed by atoms with Crippen LogP contribution in [0.1, 0.15) is 39.0 Å². The Balaban J connectivity index is 2.13. The van der Waals surface area contributed by atoms with Crippen molar-refractivity contribution in [3.63, 3.8) is 0 Å². The maximum atomic E-state index is 9.77. The zero-order chi connectivity index (χ0) is 14.8. The minimum atomic E-state index is 0.0346. The molecular weight excluding hydrogens is 270 g/mol. The summed E-state index contributed by atoms with van der Waals surface area (Å²) in [5, 5.41) is 16.8. The third-order valence-corrected chi connectivity index (χ3v) is 3.63. The van der Waals surface area contributed by atoms with Crippen LogP contribution >= 0.6 is 11.3 Å². The first-order valence-electron chi connectivity index (χ1n) is 6.42. The van der Waals surface area contributed by atoms with Crippen molar-refractivity contribution in [2.75, 3.05) is 5.43 Å². The summed E-state index contributed by atoms with van der Waals surface area (Å²) in [5.41, 5.74) is 5.46. The van der Waals surface area contributed by atoms with Gasteiger partial charge in [-0.25, -0.2) is 4.98 Å². The molecule has 0 amide bonds. The van der Waals surface area contributed by atoms with E-state index in [0.717, 1.165) is 16.5 Å². The summed E-state index contributed by atoms with van der Waals surface area (Å²) < 4.78 is 0. The Morgan fingerprint density at radius 1 is 1.30 bits per heavy atom. The van der Waals surface area contributed by atoms with Crippen LogP contribution in [-0.2, 0) is 5.41 Å². The molecule has 2 N–H and O–H groups in total. The van der Waals surface area contributed by atoms with Gasteiger partial charge >= 0.3 is 0 Å². The molecule has 0 bridgehead atoms. The lowest BCUT2D eigenvalue weighted by molar-refractivity contribution is 0.474. The summed E-state index contributed by atoms with van der Waals surface area (Å²) in [6, 6.07) is 7.14. The highest BCUT2D eigenvalue weighted by Gasteiger charge is 2.17. The molecule has 1 heterocycles. The molecule has 20 heavy (non-hydrogen) atoms. The fraction of sp³-hybridized carbons (Fsp3) is 0.333. The highest BCUT2D eigenvalue weighted by molar-refractivity contribution is 7.13. The van der Waals surface area contributed by atoms with Gasteiger partial charge in [0.15, 0.2) is 0 Å². The minimum absolute atomic E-state index is 0.0346. The first kappa shape index (κ1) is 14.5. The molecular formula is C15H19N3OS. The fourth-order valence-electron chi connectivity index (χ4n) is 1.64. The number of hydrazone groups is 1. The Bertz CT molecular complexity index is 626. The molecule has 0 unspecified atom stereocenters. The number of aromatic hydroxyl groups is 1. The number of para-hydroxylation sites is 1. The van der Waals surface area contributed by atoms with Gasteiger partial charge in [-0.05, 0) is 19.1 Å². The number of nitrogens with one attached hydrogen (secondary N) is 1. The predicted molar refractivity (Wildman–Crippen MR) is 84.8 cm³/mol. The minimum Gasteiger partial charge on any atom is -0.507 e. The van der Waals surface area contributed by atoms with Gasteiger partial charge in [-0.3, -0.25) is 5.43 Å². The molecule has 0 radical (unpaired) electrons. The van der Waals surface area contributed by atoms with Crippen LogP contribution in [0.15, 0.2) is 34.7 Å². The van der Waals surface area contributed by atoms with E-state index in [0.29, 0.717) is 5.56 Å². The van der Waals surface area contributed by atoms with Crippen LogP contribution < -0.4 is 5.43 Å². The van der Waals surface area contributed by atoms with Gasteiger partial charge in [-0.1, -0.05) is 32.9 Å². The van der Waals surface area contributed by atoms with Gasteiger partial charge in [0.25, 0.3) is 0 Å². The molecule has 0 aliphatic carbocycles. The number of thiazole rings is 1. The van der Waals surface area contributed by atoms with Gasteiger partial charge in [0.05, 0.1) is 11.4 Å². The van der Waals surface area contributed by atoms with Gasteiger partial charge < -0.3 is 5.11 Å². The predicted octanol–water partition coefficient (Wildman–Crippen LogP) is 3.98. The monoisotopic (exact) mass is 289 g/mol. The lowest BCUT2D eigenvalue weighted by atomic mass is 9.93.